The van der Waals surface area contributed by atoms with Crippen molar-refractivity contribution in [1.29, 1.82) is 0 Å². The molecular weight excluding hydrogens is 300 g/mol. The van der Waals surface area contributed by atoms with E-state index in [9.17, 15) is 9.59 Å². The zero-order valence-corrected chi connectivity index (χ0v) is 11.1. The van der Waals surface area contributed by atoms with Crippen LogP contribution >= 0.6 is 0 Å². The lowest BCUT2D eigenvalue weighted by Gasteiger charge is -2.07. The van der Waals surface area contributed by atoms with E-state index < -0.39 is 24.1 Å². The Labute approximate surface area is 123 Å². The second-order valence-electron chi connectivity index (χ2n) is 3.65. The number of rotatable bonds is 3. The van der Waals surface area contributed by atoms with Gasteiger partial charge in [0.05, 0.1) is 5.52 Å². The molecule has 10 heteroatoms. The summed E-state index contributed by atoms with van der Waals surface area (Å²) in [5.74, 6) is -3.54. The highest BCUT2D eigenvalue weighted by Gasteiger charge is 2.29. The highest BCUT2D eigenvalue weighted by molar-refractivity contribution is 5.83. The molecule has 1 aromatic carbocycles. The summed E-state index contributed by atoms with van der Waals surface area (Å²) in [7, 11) is 0. The van der Waals surface area contributed by atoms with Crippen LogP contribution in [0.15, 0.2) is 36.8 Å². The minimum absolute atomic E-state index is 0. The largest absolute Gasteiger partial charge is 0.479 e. The quantitative estimate of drug-likeness (QED) is 0.490. The molecule has 0 bridgehead atoms. The summed E-state index contributed by atoms with van der Waals surface area (Å²) < 4.78 is 0. The van der Waals surface area contributed by atoms with Crippen molar-refractivity contribution in [3.8, 4) is 0 Å². The molecule has 22 heavy (non-hydrogen) atoms. The van der Waals surface area contributed by atoms with Crippen LogP contribution in [0.1, 0.15) is 0 Å². The third-order valence-electron chi connectivity index (χ3n) is 2.22. The second-order valence-corrected chi connectivity index (χ2v) is 3.65. The number of nitrogens with zero attached hydrogens (tertiary/aromatic N) is 2. The van der Waals surface area contributed by atoms with E-state index in [2.05, 4.69) is 9.97 Å². The molecule has 10 nitrogen and oxygen atoms in total. The highest BCUT2D eigenvalue weighted by Crippen LogP contribution is 2.06. The van der Waals surface area contributed by atoms with Crippen molar-refractivity contribution >= 4 is 22.8 Å². The van der Waals surface area contributed by atoms with E-state index in [4.69, 9.17) is 20.4 Å². The second kappa shape index (κ2) is 10.1. The first kappa shape index (κ1) is 21.6. The predicted octanol–water partition coefficient (Wildman–Crippen LogP) is -2.14. The van der Waals surface area contributed by atoms with Gasteiger partial charge in [-0.25, -0.2) is 19.6 Å². The van der Waals surface area contributed by atoms with Crippen LogP contribution in [0.4, 0.5) is 0 Å². The van der Waals surface area contributed by atoms with Crippen LogP contribution in [-0.2, 0) is 9.59 Å². The lowest BCUT2D eigenvalue weighted by Crippen LogP contribution is -2.39. The molecular formula is C12H16N2O8. The van der Waals surface area contributed by atoms with Crippen LogP contribution < -0.4 is 0 Å². The molecule has 0 aliphatic rings. The van der Waals surface area contributed by atoms with Crippen molar-refractivity contribution in [3.05, 3.63) is 36.8 Å². The number of hydrogen-bond acceptors (Lipinski definition) is 6. The average molecular weight is 316 g/mol. The lowest BCUT2D eigenvalue weighted by molar-refractivity contribution is -0.165. The van der Waals surface area contributed by atoms with Crippen molar-refractivity contribution < 1.29 is 41.0 Å². The normalized spacial score (nSPS) is 11.7. The van der Waals surface area contributed by atoms with Gasteiger partial charge in [-0.05, 0) is 6.07 Å². The van der Waals surface area contributed by atoms with Gasteiger partial charge < -0.3 is 31.4 Å². The Morgan fingerprint density at radius 1 is 0.955 bits per heavy atom. The first-order valence-electron chi connectivity index (χ1n) is 5.40. The van der Waals surface area contributed by atoms with E-state index in [1.165, 1.54) is 0 Å². The highest BCUT2D eigenvalue weighted by atomic mass is 16.4. The van der Waals surface area contributed by atoms with Gasteiger partial charge in [0.1, 0.15) is 6.33 Å². The van der Waals surface area contributed by atoms with Crippen LogP contribution in [0, 0.1) is 0 Å². The zero-order chi connectivity index (χ0) is 15.1. The standard InChI is InChI=1S/C8H6N2.C4H6O6.2H2O/c1-2-4-8-7(3-1)5-9-6-10-8;5-1(3(7)8)2(6)4(9)10;;/h1-6H;1-2,5-6H,(H,7,8)(H,9,10);2*1H2. The van der Waals surface area contributed by atoms with Crippen LogP contribution in [0.3, 0.4) is 0 Å². The minimum Gasteiger partial charge on any atom is -0.479 e. The maximum Gasteiger partial charge on any atom is 0.335 e. The molecule has 1 heterocycles. The van der Waals surface area contributed by atoms with Gasteiger partial charge in [0.15, 0.2) is 12.2 Å². The number of aliphatic hydroxyl groups is 2. The molecule has 2 rings (SSSR count). The first-order chi connectivity index (χ1) is 9.43. The van der Waals surface area contributed by atoms with Crippen molar-refractivity contribution in [2.45, 2.75) is 12.2 Å². The van der Waals surface area contributed by atoms with Crippen molar-refractivity contribution in [3.63, 3.8) is 0 Å². The number of fused-ring (bicyclic) bond motifs is 1. The lowest BCUT2D eigenvalue weighted by atomic mass is 10.2. The fourth-order valence-electron chi connectivity index (χ4n) is 1.19. The van der Waals surface area contributed by atoms with Gasteiger partial charge in [-0.15, -0.1) is 0 Å². The van der Waals surface area contributed by atoms with Crippen LogP contribution in [0.5, 0.6) is 0 Å². The Kier molecular flexibility index (Phi) is 9.95. The van der Waals surface area contributed by atoms with Gasteiger partial charge >= 0.3 is 11.9 Å². The Bertz CT molecular complexity index is 523. The summed E-state index contributed by atoms with van der Waals surface area (Å²) in [5, 5.41) is 33.6. The van der Waals surface area contributed by atoms with Crippen LogP contribution in [0.25, 0.3) is 10.9 Å². The Morgan fingerprint density at radius 3 is 1.91 bits per heavy atom. The maximum absolute atomic E-state index is 9.77. The number of para-hydroxylation sites is 1. The van der Waals surface area contributed by atoms with Gasteiger partial charge in [0.25, 0.3) is 0 Å². The molecule has 0 amide bonds. The summed E-state index contributed by atoms with van der Waals surface area (Å²) in [5.41, 5.74) is 0.998. The Hall–Kier alpha value is -2.66. The molecule has 0 fully saturated rings. The van der Waals surface area contributed by atoms with Crippen LogP contribution in [0.2, 0.25) is 0 Å². The topological polar surface area (TPSA) is 204 Å². The predicted molar refractivity (Wildman–Crippen MR) is 74.1 cm³/mol. The first-order valence-corrected chi connectivity index (χ1v) is 5.40. The summed E-state index contributed by atoms with van der Waals surface area (Å²) in [4.78, 5) is 27.5. The number of aromatic nitrogens is 2. The van der Waals surface area contributed by atoms with Crippen molar-refractivity contribution in [2.24, 2.45) is 0 Å². The van der Waals surface area contributed by atoms with E-state index in [-0.39, 0.29) is 11.0 Å². The monoisotopic (exact) mass is 316 g/mol. The van der Waals surface area contributed by atoms with Gasteiger partial charge in [0.2, 0.25) is 0 Å². The molecule has 0 spiro atoms. The average Bonchev–Trinajstić information content (AvgIpc) is 2.46. The molecule has 0 saturated heterocycles. The Balaban J connectivity index is 0. The number of aliphatic carboxylic acids is 2. The summed E-state index contributed by atoms with van der Waals surface area (Å²) in [6.45, 7) is 0. The van der Waals surface area contributed by atoms with Crippen LogP contribution in [-0.4, -0.2) is 65.5 Å². The molecule has 0 aliphatic carbocycles. The van der Waals surface area contributed by atoms with E-state index in [0.29, 0.717) is 0 Å². The molecule has 8 N–H and O–H groups in total. The number of carboxylic acids is 2. The van der Waals surface area contributed by atoms with E-state index in [1.54, 1.807) is 6.33 Å². The number of benzene rings is 1. The summed E-state index contributed by atoms with van der Waals surface area (Å²) in [6.07, 6.45) is -1.17. The fraction of sp³-hybridized carbons (Fsp3) is 0.167. The molecule has 122 valence electrons. The molecule has 2 unspecified atom stereocenters. The SMILES string of the molecule is O.O.O=C(O)C(O)C(O)C(=O)O.c1ccc2ncncc2c1. The summed E-state index contributed by atoms with van der Waals surface area (Å²) >= 11 is 0. The minimum atomic E-state index is -2.27. The smallest absolute Gasteiger partial charge is 0.335 e. The Morgan fingerprint density at radius 2 is 1.45 bits per heavy atom. The van der Waals surface area contributed by atoms with Gasteiger partial charge in [-0.1, -0.05) is 18.2 Å². The molecule has 0 aliphatic heterocycles. The van der Waals surface area contributed by atoms with Crippen molar-refractivity contribution in [1.82, 2.24) is 9.97 Å². The van der Waals surface area contributed by atoms with Crippen molar-refractivity contribution in [2.75, 3.05) is 0 Å². The number of carbonyl (C=O) groups is 2. The number of hydrogen-bond donors (Lipinski definition) is 4. The zero-order valence-electron chi connectivity index (χ0n) is 11.1. The van der Waals surface area contributed by atoms with E-state index >= 15 is 0 Å². The number of aliphatic hydroxyl groups excluding tert-OH is 2. The third kappa shape index (κ3) is 6.19. The van der Waals surface area contributed by atoms with Gasteiger partial charge in [-0.2, -0.15) is 0 Å². The summed E-state index contributed by atoms with van der Waals surface area (Å²) in [6, 6.07) is 7.91. The molecule has 0 saturated carbocycles. The molecule has 2 atom stereocenters. The molecule has 2 aromatic rings. The van der Waals surface area contributed by atoms with E-state index in [0.717, 1.165) is 10.9 Å². The van der Waals surface area contributed by atoms with Gasteiger partial charge in [-0.3, -0.25) is 0 Å². The molecule has 0 radical (unpaired) electrons. The van der Waals surface area contributed by atoms with E-state index in [1.807, 2.05) is 30.5 Å². The fourth-order valence-corrected chi connectivity index (χ4v) is 1.19. The number of carboxylic acid groups (broad SMARTS) is 2. The molecule has 1 aromatic heterocycles. The third-order valence-corrected chi connectivity index (χ3v) is 2.22. The maximum atomic E-state index is 9.77. The van der Waals surface area contributed by atoms with Gasteiger partial charge in [0, 0.05) is 11.6 Å².